The molecule has 0 unspecified atom stereocenters. The molecule has 1 aromatic carbocycles. The van der Waals surface area contributed by atoms with Crippen LogP contribution in [0, 0.1) is 0 Å². The van der Waals surface area contributed by atoms with Crippen LogP contribution in [-0.4, -0.2) is 11.6 Å². The molecule has 13 heavy (non-hydrogen) atoms. The predicted octanol–water partition coefficient (Wildman–Crippen LogP) is 2.89. The Hall–Kier alpha value is -0.990. The Morgan fingerprint density at radius 3 is 3.00 bits per heavy atom. The van der Waals surface area contributed by atoms with Gasteiger partial charge in [0.15, 0.2) is 0 Å². The van der Waals surface area contributed by atoms with E-state index in [0.29, 0.717) is 0 Å². The summed E-state index contributed by atoms with van der Waals surface area (Å²) in [6.45, 7) is 0.834. The monoisotopic (exact) mass is 193 g/mol. The molecule has 1 aliphatic heterocycles. The minimum Gasteiger partial charge on any atom is -0.366 e. The number of halogens is 1. The minimum atomic E-state index is 0.283. The van der Waals surface area contributed by atoms with Crippen molar-refractivity contribution < 1.29 is 4.74 Å². The number of fused-ring (bicyclic) bond motifs is 1. The van der Waals surface area contributed by atoms with Gasteiger partial charge in [-0.05, 0) is 24.3 Å². The third-order valence-electron chi connectivity index (χ3n) is 2.28. The van der Waals surface area contributed by atoms with Gasteiger partial charge in [0.2, 0.25) is 0 Å². The van der Waals surface area contributed by atoms with E-state index in [1.807, 2.05) is 18.2 Å². The zero-order valence-corrected chi connectivity index (χ0v) is 7.64. The van der Waals surface area contributed by atoms with Gasteiger partial charge in [0.1, 0.15) is 6.10 Å². The van der Waals surface area contributed by atoms with E-state index < -0.39 is 0 Å². The molecule has 1 atom stereocenters. The van der Waals surface area contributed by atoms with Crippen molar-refractivity contribution >= 4 is 22.5 Å². The fourth-order valence-corrected chi connectivity index (χ4v) is 1.71. The van der Waals surface area contributed by atoms with E-state index in [1.54, 1.807) is 0 Å². The molecule has 1 fully saturated rings. The molecule has 1 N–H and O–H groups in total. The molecule has 0 saturated carbocycles. The largest absolute Gasteiger partial charge is 0.366 e. The smallest absolute Gasteiger partial charge is 0.121 e. The number of aromatic nitrogens is 1. The van der Waals surface area contributed by atoms with Gasteiger partial charge in [-0.1, -0.05) is 11.6 Å². The highest BCUT2D eigenvalue weighted by Gasteiger charge is 2.26. The Balaban J connectivity index is 2.20. The van der Waals surface area contributed by atoms with E-state index in [1.165, 1.54) is 0 Å². The summed E-state index contributed by atoms with van der Waals surface area (Å²) < 4.78 is 5.19. The lowest BCUT2D eigenvalue weighted by atomic mass is 10.2. The van der Waals surface area contributed by atoms with Crippen molar-refractivity contribution in [2.24, 2.45) is 0 Å². The molecule has 1 saturated heterocycles. The van der Waals surface area contributed by atoms with Crippen LogP contribution < -0.4 is 0 Å². The Morgan fingerprint density at radius 2 is 2.23 bits per heavy atom. The molecule has 0 aliphatic carbocycles. The molecular formula is C10H8ClNO. The number of hydrogen-bond donors (Lipinski definition) is 1. The summed E-state index contributed by atoms with van der Waals surface area (Å²) in [5, 5.41) is 1.92. The Kier molecular flexibility index (Phi) is 1.43. The molecule has 3 heteroatoms. The van der Waals surface area contributed by atoms with Gasteiger partial charge in [-0.2, -0.15) is 0 Å². The standard InChI is InChI=1S/C10H8ClNO/c11-7-1-2-8-6(3-7)4-9(12-8)10-5-13-10/h1-4,10,12H,5H2/t10-/m1/s1. The first-order valence-electron chi connectivity index (χ1n) is 4.23. The van der Waals surface area contributed by atoms with Crippen LogP contribution in [-0.2, 0) is 4.74 Å². The van der Waals surface area contributed by atoms with E-state index in [2.05, 4.69) is 11.1 Å². The van der Waals surface area contributed by atoms with Crippen LogP contribution in [0.3, 0.4) is 0 Å². The molecule has 0 spiro atoms. The van der Waals surface area contributed by atoms with Crippen molar-refractivity contribution in [1.29, 1.82) is 0 Å². The summed E-state index contributed by atoms with van der Waals surface area (Å²) in [7, 11) is 0. The van der Waals surface area contributed by atoms with Gasteiger partial charge in [0.25, 0.3) is 0 Å². The maximum Gasteiger partial charge on any atom is 0.121 e. The highest BCUT2D eigenvalue weighted by molar-refractivity contribution is 6.31. The molecule has 66 valence electrons. The number of ether oxygens (including phenoxy) is 1. The van der Waals surface area contributed by atoms with Gasteiger partial charge in [-0.15, -0.1) is 0 Å². The molecule has 2 aromatic rings. The van der Waals surface area contributed by atoms with Crippen LogP contribution >= 0.6 is 11.6 Å². The van der Waals surface area contributed by atoms with E-state index in [4.69, 9.17) is 16.3 Å². The van der Waals surface area contributed by atoms with E-state index >= 15 is 0 Å². The van der Waals surface area contributed by atoms with Crippen molar-refractivity contribution in [1.82, 2.24) is 4.98 Å². The number of H-pyrrole nitrogens is 1. The van der Waals surface area contributed by atoms with Crippen LogP contribution in [0.4, 0.5) is 0 Å². The van der Waals surface area contributed by atoms with Crippen molar-refractivity contribution in [3.63, 3.8) is 0 Å². The van der Waals surface area contributed by atoms with E-state index in [9.17, 15) is 0 Å². The highest BCUT2D eigenvalue weighted by atomic mass is 35.5. The first-order chi connectivity index (χ1) is 6.33. The van der Waals surface area contributed by atoms with Gasteiger partial charge in [-0.25, -0.2) is 0 Å². The molecular weight excluding hydrogens is 186 g/mol. The van der Waals surface area contributed by atoms with Crippen LogP contribution in [0.15, 0.2) is 24.3 Å². The van der Waals surface area contributed by atoms with E-state index in [-0.39, 0.29) is 6.10 Å². The third kappa shape index (κ3) is 1.23. The lowest BCUT2D eigenvalue weighted by Crippen LogP contribution is -1.76. The predicted molar refractivity (Wildman–Crippen MR) is 52.0 cm³/mol. The molecule has 0 amide bonds. The van der Waals surface area contributed by atoms with Crippen LogP contribution in [0.5, 0.6) is 0 Å². The van der Waals surface area contributed by atoms with Crippen LogP contribution in [0.2, 0.25) is 5.02 Å². The second kappa shape index (κ2) is 2.50. The quantitative estimate of drug-likeness (QED) is 0.694. The molecule has 1 aromatic heterocycles. The van der Waals surface area contributed by atoms with Gasteiger partial charge >= 0.3 is 0 Å². The van der Waals surface area contributed by atoms with Gasteiger partial charge in [-0.3, -0.25) is 0 Å². The summed E-state index contributed by atoms with van der Waals surface area (Å²) in [5.41, 5.74) is 2.27. The fourth-order valence-electron chi connectivity index (χ4n) is 1.53. The average Bonchev–Trinajstić information content (AvgIpc) is 2.87. The first-order valence-corrected chi connectivity index (χ1v) is 4.60. The minimum absolute atomic E-state index is 0.283. The number of rotatable bonds is 1. The fraction of sp³-hybridized carbons (Fsp3) is 0.200. The Morgan fingerprint density at radius 1 is 1.38 bits per heavy atom. The van der Waals surface area contributed by atoms with Crippen molar-refractivity contribution in [3.05, 3.63) is 35.0 Å². The Bertz CT molecular complexity index is 459. The normalized spacial score (nSPS) is 20.8. The van der Waals surface area contributed by atoms with Crippen LogP contribution in [0.1, 0.15) is 11.8 Å². The summed E-state index contributed by atoms with van der Waals surface area (Å²) in [6.07, 6.45) is 0.283. The van der Waals surface area contributed by atoms with Crippen molar-refractivity contribution in [2.75, 3.05) is 6.61 Å². The SMILES string of the molecule is Clc1ccc2[nH]c([C@H]3CO3)cc2c1. The highest BCUT2D eigenvalue weighted by Crippen LogP contribution is 2.31. The molecule has 3 rings (SSSR count). The van der Waals surface area contributed by atoms with Gasteiger partial charge < -0.3 is 9.72 Å². The first kappa shape index (κ1) is 7.42. The summed E-state index contributed by atoms with van der Waals surface area (Å²) in [4.78, 5) is 3.30. The molecule has 0 radical (unpaired) electrons. The summed E-state index contributed by atoms with van der Waals surface area (Å²) in [5.74, 6) is 0. The topological polar surface area (TPSA) is 28.3 Å². The number of hydrogen-bond acceptors (Lipinski definition) is 1. The second-order valence-electron chi connectivity index (χ2n) is 3.28. The Labute approximate surface area is 80.5 Å². The molecule has 2 heterocycles. The van der Waals surface area contributed by atoms with E-state index in [0.717, 1.165) is 28.2 Å². The molecule has 2 nitrogen and oxygen atoms in total. The van der Waals surface area contributed by atoms with Crippen molar-refractivity contribution in [2.45, 2.75) is 6.10 Å². The van der Waals surface area contributed by atoms with Gasteiger partial charge in [0, 0.05) is 21.6 Å². The number of benzene rings is 1. The zero-order chi connectivity index (χ0) is 8.84. The number of aromatic amines is 1. The lowest BCUT2D eigenvalue weighted by Gasteiger charge is -1.88. The number of epoxide rings is 1. The average molecular weight is 194 g/mol. The van der Waals surface area contributed by atoms with Crippen molar-refractivity contribution in [3.8, 4) is 0 Å². The number of nitrogens with one attached hydrogen (secondary N) is 1. The zero-order valence-electron chi connectivity index (χ0n) is 6.88. The summed E-state index contributed by atoms with van der Waals surface area (Å²) >= 11 is 5.88. The second-order valence-corrected chi connectivity index (χ2v) is 3.71. The van der Waals surface area contributed by atoms with Gasteiger partial charge in [0.05, 0.1) is 6.61 Å². The molecule has 1 aliphatic rings. The van der Waals surface area contributed by atoms with Crippen LogP contribution in [0.25, 0.3) is 10.9 Å². The summed E-state index contributed by atoms with van der Waals surface area (Å²) in [6, 6.07) is 7.93. The maximum absolute atomic E-state index is 5.88. The lowest BCUT2D eigenvalue weighted by molar-refractivity contribution is 0.412. The maximum atomic E-state index is 5.88. The molecule has 0 bridgehead atoms. The third-order valence-corrected chi connectivity index (χ3v) is 2.52.